The van der Waals surface area contributed by atoms with Gasteiger partial charge in [-0.1, -0.05) is 18.2 Å². The summed E-state index contributed by atoms with van der Waals surface area (Å²) in [7, 11) is 0. The van der Waals surface area contributed by atoms with E-state index in [-0.39, 0.29) is 11.3 Å². The first-order chi connectivity index (χ1) is 19.5. The third-order valence-corrected chi connectivity index (χ3v) is 7.18. The summed E-state index contributed by atoms with van der Waals surface area (Å²) in [6.45, 7) is 6.95. The highest BCUT2D eigenvalue weighted by Crippen LogP contribution is 2.28. The monoisotopic (exact) mass is 543 g/mol. The third-order valence-electron chi connectivity index (χ3n) is 7.18. The number of anilines is 2. The number of aromatic amines is 1. The van der Waals surface area contributed by atoms with Gasteiger partial charge in [-0.25, -0.2) is 0 Å². The van der Waals surface area contributed by atoms with Crippen molar-refractivity contribution >= 4 is 22.3 Å². The number of fused-ring (bicyclic) bond motifs is 1. The van der Waals surface area contributed by atoms with Crippen LogP contribution in [-0.4, -0.2) is 72.5 Å². The van der Waals surface area contributed by atoms with Crippen LogP contribution in [0.2, 0.25) is 0 Å². The van der Waals surface area contributed by atoms with Gasteiger partial charge in [0.1, 0.15) is 18.1 Å². The van der Waals surface area contributed by atoms with Crippen molar-refractivity contribution in [3.05, 3.63) is 94.3 Å². The molecule has 9 nitrogen and oxygen atoms in total. The number of ether oxygens (including phenoxy) is 1. The highest BCUT2D eigenvalue weighted by atomic mass is 16.5. The second-order valence-electron chi connectivity index (χ2n) is 10.0. The van der Waals surface area contributed by atoms with Gasteiger partial charge in [0.25, 0.3) is 0 Å². The van der Waals surface area contributed by atoms with E-state index in [1.165, 1.54) is 17.7 Å². The minimum absolute atomic E-state index is 0.0163. The van der Waals surface area contributed by atoms with Crippen LogP contribution >= 0.6 is 0 Å². The number of hydrogen-bond acceptors (Lipinski definition) is 8. The lowest BCUT2D eigenvalue weighted by Gasteiger charge is -2.26. The number of phenolic OH excluding ortho intramolecular Hbond substituents is 1. The van der Waals surface area contributed by atoms with Crippen LogP contribution in [0.4, 0.5) is 11.4 Å². The predicted molar refractivity (Wildman–Crippen MR) is 159 cm³/mol. The molecule has 9 heteroatoms. The van der Waals surface area contributed by atoms with Crippen LogP contribution in [0, 0.1) is 0 Å². The molecule has 0 spiro atoms. The Morgan fingerprint density at radius 1 is 0.925 bits per heavy atom. The second-order valence-corrected chi connectivity index (χ2v) is 10.0. The summed E-state index contributed by atoms with van der Waals surface area (Å²) in [5, 5.41) is 31.5. The molecule has 1 atom stereocenters. The largest absolute Gasteiger partial charge is 0.506 e. The first kappa shape index (κ1) is 27.7. The Balaban J connectivity index is 1.04. The topological polar surface area (TPSA) is 122 Å². The first-order valence-corrected chi connectivity index (χ1v) is 13.8. The van der Waals surface area contributed by atoms with Gasteiger partial charge in [-0.05, 0) is 72.6 Å². The van der Waals surface area contributed by atoms with E-state index in [9.17, 15) is 15.0 Å². The number of aliphatic hydroxyl groups is 1. The van der Waals surface area contributed by atoms with Crippen LogP contribution in [0.15, 0.2) is 77.6 Å². The normalized spacial score (nSPS) is 14.7. The second kappa shape index (κ2) is 13.5. The Kier molecular flexibility index (Phi) is 9.30. The maximum absolute atomic E-state index is 11.6. The zero-order valence-electron chi connectivity index (χ0n) is 22.5. The van der Waals surface area contributed by atoms with E-state index in [0.29, 0.717) is 36.2 Å². The van der Waals surface area contributed by atoms with Crippen LogP contribution in [0.25, 0.3) is 10.9 Å². The van der Waals surface area contributed by atoms with Crippen molar-refractivity contribution in [3.8, 4) is 11.5 Å². The molecule has 1 fully saturated rings. The number of nitrogens with one attached hydrogen (secondary N) is 4. The molecule has 1 aliphatic rings. The van der Waals surface area contributed by atoms with Crippen LogP contribution in [0.5, 0.6) is 11.5 Å². The van der Waals surface area contributed by atoms with Crippen molar-refractivity contribution in [1.29, 1.82) is 0 Å². The Bertz CT molecular complexity index is 1430. The van der Waals surface area contributed by atoms with E-state index in [1.807, 2.05) is 24.3 Å². The molecule has 1 aromatic heterocycles. The molecule has 0 unspecified atom stereocenters. The van der Waals surface area contributed by atoms with Crippen LogP contribution in [0.1, 0.15) is 17.2 Å². The number of aliphatic hydroxyl groups excluding tert-OH is 1. The molecule has 0 amide bonds. The van der Waals surface area contributed by atoms with Crippen molar-refractivity contribution in [2.45, 2.75) is 12.5 Å². The van der Waals surface area contributed by atoms with Crippen molar-refractivity contribution in [2.75, 3.05) is 57.7 Å². The summed E-state index contributed by atoms with van der Waals surface area (Å²) >= 11 is 0. The molecule has 0 bridgehead atoms. The third kappa shape index (κ3) is 7.40. The van der Waals surface area contributed by atoms with Gasteiger partial charge in [0.2, 0.25) is 5.56 Å². The lowest BCUT2D eigenvalue weighted by Crippen LogP contribution is -2.44. The average Bonchev–Trinajstić information content (AvgIpc) is 2.98. The molecular weight excluding hydrogens is 506 g/mol. The summed E-state index contributed by atoms with van der Waals surface area (Å²) in [5.74, 6) is 0.861. The minimum atomic E-state index is -0.774. The van der Waals surface area contributed by atoms with Gasteiger partial charge < -0.3 is 35.9 Å². The maximum Gasteiger partial charge on any atom is 0.248 e. The number of hydrogen-bond donors (Lipinski definition) is 6. The minimum Gasteiger partial charge on any atom is -0.506 e. The van der Waals surface area contributed by atoms with Crippen molar-refractivity contribution in [3.63, 3.8) is 0 Å². The summed E-state index contributed by atoms with van der Waals surface area (Å²) in [6.07, 6.45) is 0.0426. The molecule has 2 heterocycles. The maximum atomic E-state index is 11.6. The van der Waals surface area contributed by atoms with E-state index >= 15 is 0 Å². The quantitative estimate of drug-likeness (QED) is 0.151. The Hall–Kier alpha value is -3.89. The fourth-order valence-electron chi connectivity index (χ4n) is 4.91. The van der Waals surface area contributed by atoms with Gasteiger partial charge in [0.15, 0.2) is 0 Å². The molecule has 4 aromatic rings. The molecule has 40 heavy (non-hydrogen) atoms. The van der Waals surface area contributed by atoms with Crippen LogP contribution < -0.4 is 26.2 Å². The van der Waals surface area contributed by atoms with Gasteiger partial charge in [-0.15, -0.1) is 0 Å². The molecule has 0 radical (unpaired) electrons. The smallest absolute Gasteiger partial charge is 0.248 e. The number of aromatic hydroxyl groups is 1. The summed E-state index contributed by atoms with van der Waals surface area (Å²) < 4.78 is 5.91. The number of phenols is 1. The first-order valence-electron chi connectivity index (χ1n) is 13.8. The molecule has 0 aliphatic carbocycles. The van der Waals surface area contributed by atoms with Crippen LogP contribution in [-0.2, 0) is 6.42 Å². The Morgan fingerprint density at radius 2 is 1.65 bits per heavy atom. The lowest BCUT2D eigenvalue weighted by atomic mass is 10.0. The highest BCUT2D eigenvalue weighted by molar-refractivity contribution is 5.87. The number of H-pyrrole nitrogens is 1. The Labute approximate surface area is 233 Å². The van der Waals surface area contributed by atoms with E-state index in [4.69, 9.17) is 4.74 Å². The summed E-state index contributed by atoms with van der Waals surface area (Å²) in [5.41, 5.74) is 3.90. The van der Waals surface area contributed by atoms with Crippen molar-refractivity contribution < 1.29 is 14.9 Å². The van der Waals surface area contributed by atoms with E-state index < -0.39 is 6.10 Å². The number of rotatable bonds is 12. The fraction of sp³-hybridized carbons (Fsp3) is 0.323. The molecule has 1 saturated heterocycles. The zero-order chi connectivity index (χ0) is 27.7. The predicted octanol–water partition coefficient (Wildman–Crippen LogP) is 3.13. The average molecular weight is 544 g/mol. The molecule has 6 N–H and O–H groups in total. The van der Waals surface area contributed by atoms with Gasteiger partial charge in [0, 0.05) is 62.1 Å². The standard InChI is InChI=1S/C31H37N5O4/c37-28-11-9-26(27-10-12-30(39)35-31(27)28)29(38)21-33-14-13-22-1-3-23(4-2-22)34-24-5-7-25(8-6-24)40-20-19-36-17-15-32-16-18-36/h1-12,29,32-34,37-38H,13-21H2,(H,35,39)/t29-/m0/s1. The van der Waals surface area contributed by atoms with Crippen LogP contribution in [0.3, 0.4) is 0 Å². The molecule has 1 aliphatic heterocycles. The zero-order valence-corrected chi connectivity index (χ0v) is 22.5. The summed E-state index contributed by atoms with van der Waals surface area (Å²) in [6, 6.07) is 22.5. The van der Waals surface area contributed by atoms with Gasteiger partial charge >= 0.3 is 0 Å². The van der Waals surface area contributed by atoms with Gasteiger partial charge in [0.05, 0.1) is 11.6 Å². The van der Waals surface area contributed by atoms with E-state index in [2.05, 4.69) is 50.1 Å². The molecule has 3 aromatic carbocycles. The lowest BCUT2D eigenvalue weighted by molar-refractivity contribution is 0.176. The summed E-state index contributed by atoms with van der Waals surface area (Å²) in [4.78, 5) is 16.7. The Morgan fingerprint density at radius 3 is 2.40 bits per heavy atom. The number of aromatic nitrogens is 1. The number of piperazine rings is 1. The van der Waals surface area contributed by atoms with Gasteiger partial charge in [-0.3, -0.25) is 9.69 Å². The van der Waals surface area contributed by atoms with Gasteiger partial charge in [-0.2, -0.15) is 0 Å². The number of pyridine rings is 1. The molecule has 0 saturated carbocycles. The van der Waals surface area contributed by atoms with E-state index in [1.54, 1.807) is 12.1 Å². The number of benzene rings is 3. The molecular formula is C31H37N5O4. The molecule has 210 valence electrons. The fourth-order valence-corrected chi connectivity index (χ4v) is 4.91. The number of nitrogens with zero attached hydrogens (tertiary/aromatic N) is 1. The molecule has 5 rings (SSSR count). The highest BCUT2D eigenvalue weighted by Gasteiger charge is 2.14. The van der Waals surface area contributed by atoms with E-state index in [0.717, 1.165) is 56.3 Å². The van der Waals surface area contributed by atoms with Crippen molar-refractivity contribution in [2.24, 2.45) is 0 Å². The SMILES string of the molecule is O=c1ccc2c([C@@H](O)CNCCc3ccc(Nc4ccc(OCCN5CCNCC5)cc4)cc3)ccc(O)c2[nH]1. The van der Waals surface area contributed by atoms with Crippen molar-refractivity contribution in [1.82, 2.24) is 20.5 Å².